The van der Waals surface area contributed by atoms with Crippen LogP contribution in [0, 0.1) is 5.82 Å². The van der Waals surface area contributed by atoms with Gasteiger partial charge < -0.3 is 30.3 Å². The summed E-state index contributed by atoms with van der Waals surface area (Å²) in [6, 6.07) is 12.1. The molecule has 2 aliphatic heterocycles. The molecule has 0 radical (unpaired) electrons. The molecule has 10 nitrogen and oxygen atoms in total. The number of hydrogen-bond acceptors (Lipinski definition) is 8. The van der Waals surface area contributed by atoms with Gasteiger partial charge in [0.05, 0.1) is 10.7 Å². The molecule has 6 rings (SSSR count). The number of likely N-dealkylation sites (tertiary alicyclic amines) is 1. The molecule has 44 heavy (non-hydrogen) atoms. The zero-order chi connectivity index (χ0) is 31.7. The number of rotatable bonds is 5. The summed E-state index contributed by atoms with van der Waals surface area (Å²) in [6.07, 6.45) is -0.591. The predicted octanol–water partition coefficient (Wildman–Crippen LogP) is 4.67. The van der Waals surface area contributed by atoms with Gasteiger partial charge in [-0.1, -0.05) is 35.9 Å². The molecule has 3 heterocycles. The Bertz CT molecular complexity index is 1830. The number of likely N-dealkylation sites (N-methyl/N-ethyl adjacent to an activating group) is 1. The maximum atomic E-state index is 16.8. The number of primary amides is 1. The number of fused-ring (bicyclic) bond motifs is 2. The summed E-state index contributed by atoms with van der Waals surface area (Å²) in [5.41, 5.74) is 4.46. The molecule has 2 amide bonds. The maximum absolute atomic E-state index is 16.8. The number of aromatic hydroxyl groups is 1. The molecule has 2 saturated heterocycles. The molecular weight excluding hydrogens is 587 g/mol. The largest absolute Gasteiger partial charge is 0.508 e. The van der Waals surface area contributed by atoms with Crippen LogP contribution in [0.5, 0.6) is 5.75 Å². The van der Waals surface area contributed by atoms with Crippen molar-refractivity contribution < 1.29 is 23.8 Å². The Balaban J connectivity index is 1.54. The van der Waals surface area contributed by atoms with Gasteiger partial charge in [0, 0.05) is 43.2 Å². The fourth-order valence-electron chi connectivity index (χ4n) is 5.87. The Morgan fingerprint density at radius 1 is 1.11 bits per heavy atom. The lowest BCUT2D eigenvalue weighted by molar-refractivity contribution is -0.129. The van der Waals surface area contributed by atoms with Crippen LogP contribution in [0.2, 0.25) is 5.02 Å². The Hall–Kier alpha value is -4.22. The standard InChI is InChI=1S/C32H34ClFN6O4/c1-31(2,3)44-30(43)40-15-32(16-40,28(35)42)27-22-12-23(33)24(21-11-19(41)10-17-8-6-7-9-20(17)21)25(34)26(22)36-29(37-27)39-13-18(14-39)38(4)5/h6-12,18,41H,13-16H2,1-5H3,(H2,35,42). The van der Waals surface area contributed by atoms with Gasteiger partial charge in [0.15, 0.2) is 5.82 Å². The van der Waals surface area contributed by atoms with Gasteiger partial charge in [0.1, 0.15) is 22.3 Å². The van der Waals surface area contributed by atoms with Crippen LogP contribution in [0.15, 0.2) is 42.5 Å². The molecule has 0 unspecified atom stereocenters. The number of benzene rings is 3. The van der Waals surface area contributed by atoms with Gasteiger partial charge in [0.2, 0.25) is 11.9 Å². The van der Waals surface area contributed by atoms with Crippen molar-refractivity contribution in [2.75, 3.05) is 45.2 Å². The number of phenols is 1. The van der Waals surface area contributed by atoms with Crippen molar-refractivity contribution in [2.45, 2.75) is 37.8 Å². The van der Waals surface area contributed by atoms with Crippen molar-refractivity contribution in [1.29, 1.82) is 0 Å². The molecule has 0 spiro atoms. The van der Waals surface area contributed by atoms with E-state index in [1.165, 1.54) is 17.0 Å². The number of carbonyl (C=O) groups is 2. The van der Waals surface area contributed by atoms with Crippen molar-refractivity contribution >= 4 is 51.2 Å². The monoisotopic (exact) mass is 620 g/mol. The maximum Gasteiger partial charge on any atom is 0.410 e. The molecule has 0 bridgehead atoms. The van der Waals surface area contributed by atoms with Gasteiger partial charge >= 0.3 is 6.09 Å². The van der Waals surface area contributed by atoms with E-state index < -0.39 is 28.8 Å². The Labute approximate surface area is 259 Å². The van der Waals surface area contributed by atoms with Gasteiger partial charge in [-0.3, -0.25) is 4.79 Å². The summed E-state index contributed by atoms with van der Waals surface area (Å²) in [5, 5.41) is 12.2. The third-order valence-corrected chi connectivity index (χ3v) is 8.66. The number of carbonyl (C=O) groups excluding carboxylic acids is 2. The van der Waals surface area contributed by atoms with Crippen LogP contribution in [0.4, 0.5) is 15.1 Å². The highest BCUT2D eigenvalue weighted by molar-refractivity contribution is 6.35. The van der Waals surface area contributed by atoms with E-state index in [0.717, 1.165) is 0 Å². The fraction of sp³-hybridized carbons (Fsp3) is 0.375. The van der Waals surface area contributed by atoms with Crippen LogP contribution < -0.4 is 10.6 Å². The van der Waals surface area contributed by atoms with E-state index in [1.807, 2.05) is 43.3 Å². The molecule has 2 aliphatic rings. The summed E-state index contributed by atoms with van der Waals surface area (Å²) in [5.74, 6) is -1.23. The number of nitrogens with two attached hydrogens (primary N) is 1. The van der Waals surface area contributed by atoms with Crippen LogP contribution in [-0.2, 0) is 14.9 Å². The number of amides is 2. The zero-order valence-electron chi connectivity index (χ0n) is 25.2. The Morgan fingerprint density at radius 3 is 2.43 bits per heavy atom. The molecule has 12 heteroatoms. The lowest BCUT2D eigenvalue weighted by atomic mass is 9.74. The smallest absolute Gasteiger partial charge is 0.410 e. The molecule has 0 saturated carbocycles. The average molecular weight is 621 g/mol. The minimum absolute atomic E-state index is 0.0403. The van der Waals surface area contributed by atoms with Crippen molar-refractivity contribution in [3.05, 3.63) is 59.0 Å². The highest BCUT2D eigenvalue weighted by Crippen LogP contribution is 2.45. The number of hydrogen-bond donors (Lipinski definition) is 2. The average Bonchev–Trinajstić information content (AvgIpc) is 2.86. The molecule has 0 atom stereocenters. The van der Waals surface area contributed by atoms with Gasteiger partial charge in [-0.2, -0.15) is 0 Å². The van der Waals surface area contributed by atoms with Gasteiger partial charge in [-0.25, -0.2) is 19.2 Å². The summed E-state index contributed by atoms with van der Waals surface area (Å²) in [4.78, 5) is 40.8. The normalized spacial score (nSPS) is 16.7. The molecule has 1 aromatic heterocycles. The molecular formula is C32H34ClFN6O4. The van der Waals surface area contributed by atoms with E-state index in [1.54, 1.807) is 26.8 Å². The number of halogens is 2. The quantitative estimate of drug-likeness (QED) is 0.330. The topological polar surface area (TPSA) is 125 Å². The minimum atomic E-state index is -1.42. The predicted molar refractivity (Wildman–Crippen MR) is 167 cm³/mol. The summed E-state index contributed by atoms with van der Waals surface area (Å²) in [6.45, 7) is 6.27. The second kappa shape index (κ2) is 10.4. The van der Waals surface area contributed by atoms with E-state index in [-0.39, 0.29) is 58.0 Å². The number of ether oxygens (including phenoxy) is 1. The van der Waals surface area contributed by atoms with Crippen LogP contribution in [0.3, 0.4) is 0 Å². The summed E-state index contributed by atoms with van der Waals surface area (Å²) < 4.78 is 22.3. The Kier molecular flexibility index (Phi) is 7.09. The Morgan fingerprint density at radius 2 is 1.80 bits per heavy atom. The highest BCUT2D eigenvalue weighted by atomic mass is 35.5. The highest BCUT2D eigenvalue weighted by Gasteiger charge is 2.55. The summed E-state index contributed by atoms with van der Waals surface area (Å²) >= 11 is 6.81. The van der Waals surface area contributed by atoms with Crippen LogP contribution in [0.1, 0.15) is 26.5 Å². The lowest BCUT2D eigenvalue weighted by Crippen LogP contribution is -2.67. The number of nitrogens with zero attached hydrogens (tertiary/aromatic N) is 5. The molecule has 230 valence electrons. The first kappa shape index (κ1) is 29.8. The molecule has 3 aromatic carbocycles. The van der Waals surface area contributed by atoms with Crippen LogP contribution in [0.25, 0.3) is 32.8 Å². The van der Waals surface area contributed by atoms with Crippen LogP contribution in [-0.4, -0.2) is 88.8 Å². The first-order valence-electron chi connectivity index (χ1n) is 14.3. The third-order valence-electron chi connectivity index (χ3n) is 8.36. The van der Waals surface area contributed by atoms with Gasteiger partial charge in [-0.15, -0.1) is 0 Å². The van der Waals surface area contributed by atoms with Gasteiger partial charge in [-0.05, 0) is 69.4 Å². The summed E-state index contributed by atoms with van der Waals surface area (Å²) in [7, 11) is 3.95. The van der Waals surface area contributed by atoms with E-state index in [2.05, 4.69) is 9.88 Å². The molecule has 2 fully saturated rings. The van der Waals surface area contributed by atoms with Gasteiger partial charge in [0.25, 0.3) is 0 Å². The lowest BCUT2D eigenvalue weighted by Gasteiger charge is -2.48. The second-order valence-corrected chi connectivity index (χ2v) is 13.2. The minimum Gasteiger partial charge on any atom is -0.508 e. The first-order valence-corrected chi connectivity index (χ1v) is 14.7. The van der Waals surface area contributed by atoms with E-state index in [9.17, 15) is 14.7 Å². The third kappa shape index (κ3) is 4.93. The molecule has 3 N–H and O–H groups in total. The van der Waals surface area contributed by atoms with Crippen molar-refractivity contribution in [1.82, 2.24) is 19.8 Å². The zero-order valence-corrected chi connectivity index (χ0v) is 25.9. The fourth-order valence-corrected chi connectivity index (χ4v) is 6.16. The molecule has 0 aliphatic carbocycles. The number of phenolic OH excluding ortho intramolecular Hbond substituents is 1. The SMILES string of the molecule is CN(C)C1CN(c2nc(C3(C(N)=O)CN(C(=O)OC(C)(C)C)C3)c3cc(Cl)c(-c4cc(O)cc5ccccc45)c(F)c3n2)C1. The van der Waals surface area contributed by atoms with E-state index in [0.29, 0.717) is 29.4 Å². The first-order chi connectivity index (χ1) is 20.7. The number of anilines is 1. The number of aromatic nitrogens is 2. The van der Waals surface area contributed by atoms with Crippen molar-refractivity contribution in [3.8, 4) is 16.9 Å². The van der Waals surface area contributed by atoms with Crippen molar-refractivity contribution in [2.24, 2.45) is 5.73 Å². The van der Waals surface area contributed by atoms with E-state index in [4.69, 9.17) is 27.1 Å². The second-order valence-electron chi connectivity index (χ2n) is 12.8. The van der Waals surface area contributed by atoms with E-state index >= 15 is 4.39 Å². The molecule has 4 aromatic rings. The van der Waals surface area contributed by atoms with Crippen molar-refractivity contribution in [3.63, 3.8) is 0 Å². The van der Waals surface area contributed by atoms with Crippen LogP contribution >= 0.6 is 11.6 Å².